The molecule has 0 saturated heterocycles. The predicted octanol–water partition coefficient (Wildman–Crippen LogP) is 3.30. The summed E-state index contributed by atoms with van der Waals surface area (Å²) in [5.41, 5.74) is 2.62. The Morgan fingerprint density at radius 3 is 2.76 bits per heavy atom. The molecule has 7 heteroatoms. The maximum atomic E-state index is 12.2. The molecule has 2 aromatic rings. The molecule has 0 bridgehead atoms. The van der Waals surface area contributed by atoms with Crippen molar-refractivity contribution in [1.82, 2.24) is 0 Å². The Kier molecular flexibility index (Phi) is 4.63. The van der Waals surface area contributed by atoms with Crippen molar-refractivity contribution in [2.75, 3.05) is 19.0 Å². The van der Waals surface area contributed by atoms with E-state index in [0.717, 1.165) is 5.56 Å². The normalized spacial score (nSPS) is 14.2. The highest BCUT2D eigenvalue weighted by Gasteiger charge is 2.24. The largest absolute Gasteiger partial charge is 0.493 e. The van der Waals surface area contributed by atoms with E-state index in [2.05, 4.69) is 5.32 Å². The highest BCUT2D eigenvalue weighted by Crippen LogP contribution is 2.36. The molecule has 0 fully saturated rings. The number of rotatable bonds is 5. The molecule has 2 N–H and O–H groups in total. The second-order valence-corrected chi connectivity index (χ2v) is 5.73. The van der Waals surface area contributed by atoms with Gasteiger partial charge in [0.15, 0.2) is 18.1 Å². The number of fused-ring (bicyclic) bond motifs is 1. The number of ether oxygens (including phenoxy) is 2. The van der Waals surface area contributed by atoms with Crippen molar-refractivity contribution in [1.29, 1.82) is 0 Å². The van der Waals surface area contributed by atoms with Gasteiger partial charge in [0, 0.05) is 21.8 Å². The summed E-state index contributed by atoms with van der Waals surface area (Å²) < 4.78 is 10.4. The molecule has 0 saturated carbocycles. The summed E-state index contributed by atoms with van der Waals surface area (Å²) in [4.78, 5) is 22.8. The van der Waals surface area contributed by atoms with Crippen LogP contribution >= 0.6 is 11.6 Å². The third kappa shape index (κ3) is 3.59. The van der Waals surface area contributed by atoms with Gasteiger partial charge in [-0.25, -0.2) is 4.79 Å². The number of benzene rings is 2. The fourth-order valence-corrected chi connectivity index (χ4v) is 2.68. The van der Waals surface area contributed by atoms with Gasteiger partial charge in [0.1, 0.15) is 0 Å². The van der Waals surface area contributed by atoms with Crippen molar-refractivity contribution in [3.8, 4) is 11.5 Å². The zero-order valence-electron chi connectivity index (χ0n) is 13.2. The summed E-state index contributed by atoms with van der Waals surface area (Å²) in [5, 5.41) is 12.0. The minimum Gasteiger partial charge on any atom is -0.493 e. The summed E-state index contributed by atoms with van der Waals surface area (Å²) in [5.74, 6) is -0.613. The number of aliphatic carboxylic acids is 1. The number of carbonyl (C=O) groups is 2. The number of anilines is 1. The SMILES string of the molecule is COc1cc(/C=C2/C(=O)Nc3ccc(Cl)cc32)ccc1OCC(=O)O. The average molecular weight is 360 g/mol. The lowest BCUT2D eigenvalue weighted by atomic mass is 10.0. The van der Waals surface area contributed by atoms with Crippen LogP contribution in [0.25, 0.3) is 11.6 Å². The van der Waals surface area contributed by atoms with E-state index in [9.17, 15) is 9.59 Å². The molecule has 0 radical (unpaired) electrons. The van der Waals surface area contributed by atoms with Crippen molar-refractivity contribution >= 4 is 40.8 Å². The number of hydrogen-bond donors (Lipinski definition) is 2. The Bertz CT molecular complexity index is 891. The maximum absolute atomic E-state index is 12.2. The van der Waals surface area contributed by atoms with Gasteiger partial charge in [-0.3, -0.25) is 4.79 Å². The summed E-state index contributed by atoms with van der Waals surface area (Å²) in [6, 6.07) is 10.2. The number of nitrogens with one attached hydrogen (secondary N) is 1. The Hall–Kier alpha value is -2.99. The molecule has 6 nitrogen and oxygen atoms in total. The average Bonchev–Trinajstić information content (AvgIpc) is 2.88. The van der Waals surface area contributed by atoms with Crippen LogP contribution in [0.1, 0.15) is 11.1 Å². The molecule has 3 rings (SSSR count). The van der Waals surface area contributed by atoms with Gasteiger partial charge in [-0.1, -0.05) is 17.7 Å². The highest BCUT2D eigenvalue weighted by atomic mass is 35.5. The molecule has 0 spiro atoms. The summed E-state index contributed by atoms with van der Waals surface area (Å²) in [6.07, 6.45) is 1.71. The van der Waals surface area contributed by atoms with E-state index in [1.165, 1.54) is 7.11 Å². The Morgan fingerprint density at radius 1 is 1.24 bits per heavy atom. The van der Waals surface area contributed by atoms with E-state index < -0.39 is 12.6 Å². The minimum absolute atomic E-state index is 0.220. The molecule has 25 heavy (non-hydrogen) atoms. The first-order valence-electron chi connectivity index (χ1n) is 7.33. The predicted molar refractivity (Wildman–Crippen MR) is 94.1 cm³/mol. The number of hydrogen-bond acceptors (Lipinski definition) is 4. The second-order valence-electron chi connectivity index (χ2n) is 5.29. The van der Waals surface area contributed by atoms with Gasteiger partial charge in [0.25, 0.3) is 5.91 Å². The van der Waals surface area contributed by atoms with Gasteiger partial charge in [-0.2, -0.15) is 0 Å². The van der Waals surface area contributed by atoms with Crippen LogP contribution < -0.4 is 14.8 Å². The Labute approximate surface area is 148 Å². The summed E-state index contributed by atoms with van der Waals surface area (Å²) in [6.45, 7) is -0.467. The first kappa shape index (κ1) is 16.9. The van der Waals surface area contributed by atoms with Crippen LogP contribution in [0.4, 0.5) is 5.69 Å². The number of carboxylic acids is 1. The topological polar surface area (TPSA) is 84.9 Å². The number of halogens is 1. The van der Waals surface area contributed by atoms with E-state index in [-0.39, 0.29) is 5.91 Å². The Balaban J connectivity index is 1.95. The molecule has 0 unspecified atom stereocenters. The van der Waals surface area contributed by atoms with Crippen LogP contribution in [0.15, 0.2) is 36.4 Å². The van der Waals surface area contributed by atoms with Crippen LogP contribution in [0.5, 0.6) is 11.5 Å². The first-order valence-corrected chi connectivity index (χ1v) is 7.71. The van der Waals surface area contributed by atoms with Crippen molar-refractivity contribution < 1.29 is 24.2 Å². The molecule has 0 aliphatic carbocycles. The molecule has 1 heterocycles. The molecular formula is C18H14ClNO5. The van der Waals surface area contributed by atoms with Crippen LogP contribution in [-0.4, -0.2) is 30.7 Å². The quantitative estimate of drug-likeness (QED) is 0.800. The van der Waals surface area contributed by atoms with E-state index in [4.69, 9.17) is 26.2 Å². The van der Waals surface area contributed by atoms with Crippen molar-refractivity contribution in [2.45, 2.75) is 0 Å². The van der Waals surface area contributed by atoms with E-state index in [0.29, 0.717) is 33.3 Å². The van der Waals surface area contributed by atoms with Crippen LogP contribution in [0.2, 0.25) is 5.02 Å². The lowest BCUT2D eigenvalue weighted by molar-refractivity contribution is -0.139. The van der Waals surface area contributed by atoms with E-state index >= 15 is 0 Å². The first-order chi connectivity index (χ1) is 12.0. The lowest BCUT2D eigenvalue weighted by Gasteiger charge is -2.10. The van der Waals surface area contributed by atoms with Crippen LogP contribution in [-0.2, 0) is 9.59 Å². The maximum Gasteiger partial charge on any atom is 0.341 e. The van der Waals surface area contributed by atoms with Crippen LogP contribution in [0, 0.1) is 0 Å². The van der Waals surface area contributed by atoms with Gasteiger partial charge in [-0.05, 0) is 42.0 Å². The molecule has 2 aromatic carbocycles. The number of amides is 1. The van der Waals surface area contributed by atoms with Gasteiger partial charge < -0.3 is 19.9 Å². The van der Waals surface area contributed by atoms with Crippen LogP contribution in [0.3, 0.4) is 0 Å². The van der Waals surface area contributed by atoms with Gasteiger partial charge in [-0.15, -0.1) is 0 Å². The number of methoxy groups -OCH3 is 1. The van der Waals surface area contributed by atoms with Crippen molar-refractivity contribution in [3.63, 3.8) is 0 Å². The van der Waals surface area contributed by atoms with Gasteiger partial charge in [0.2, 0.25) is 0 Å². The Morgan fingerprint density at radius 2 is 2.04 bits per heavy atom. The fraction of sp³-hybridized carbons (Fsp3) is 0.111. The standard InChI is InChI=1S/C18H14ClNO5/c1-24-16-7-10(2-5-15(16)25-9-17(21)22)6-13-12-8-11(19)3-4-14(12)20-18(13)23/h2-8H,9H2,1H3,(H,20,23)(H,21,22)/b13-6+. The molecule has 128 valence electrons. The zero-order chi connectivity index (χ0) is 18.0. The van der Waals surface area contributed by atoms with Gasteiger partial charge >= 0.3 is 5.97 Å². The molecule has 1 aliphatic rings. The highest BCUT2D eigenvalue weighted by molar-refractivity contribution is 6.36. The van der Waals surface area contributed by atoms with Crippen molar-refractivity contribution in [2.24, 2.45) is 0 Å². The molecular weight excluding hydrogens is 346 g/mol. The molecule has 0 aromatic heterocycles. The number of carboxylic acid groups (broad SMARTS) is 1. The second kappa shape index (κ2) is 6.86. The fourth-order valence-electron chi connectivity index (χ4n) is 2.50. The third-order valence-corrected chi connectivity index (χ3v) is 3.85. The lowest BCUT2D eigenvalue weighted by Crippen LogP contribution is -2.10. The summed E-state index contributed by atoms with van der Waals surface area (Å²) in [7, 11) is 1.46. The molecule has 1 aliphatic heterocycles. The van der Waals surface area contributed by atoms with E-state index in [1.807, 2.05) is 0 Å². The third-order valence-electron chi connectivity index (χ3n) is 3.61. The zero-order valence-corrected chi connectivity index (χ0v) is 14.0. The molecule has 1 amide bonds. The monoisotopic (exact) mass is 359 g/mol. The summed E-state index contributed by atoms with van der Waals surface area (Å²) >= 11 is 6.02. The number of carbonyl (C=O) groups excluding carboxylic acids is 1. The minimum atomic E-state index is -1.08. The van der Waals surface area contributed by atoms with E-state index in [1.54, 1.807) is 42.5 Å². The van der Waals surface area contributed by atoms with Gasteiger partial charge in [0.05, 0.1) is 7.11 Å². The smallest absolute Gasteiger partial charge is 0.341 e. The molecule has 0 atom stereocenters. The van der Waals surface area contributed by atoms with Crippen molar-refractivity contribution in [3.05, 3.63) is 52.5 Å².